The van der Waals surface area contributed by atoms with Crippen LogP contribution in [-0.4, -0.2) is 16.9 Å². The van der Waals surface area contributed by atoms with Gasteiger partial charge < -0.3 is 21.5 Å². The first-order valence-corrected chi connectivity index (χ1v) is 9.09. The van der Waals surface area contributed by atoms with E-state index in [-0.39, 0.29) is 12.5 Å². The summed E-state index contributed by atoms with van der Waals surface area (Å²) < 4.78 is 0. The summed E-state index contributed by atoms with van der Waals surface area (Å²) in [5, 5.41) is 15.6. The van der Waals surface area contributed by atoms with Crippen LogP contribution in [0.4, 0.5) is 11.4 Å². The van der Waals surface area contributed by atoms with Gasteiger partial charge in [-0.3, -0.25) is 9.59 Å². The number of anilines is 2. The molecule has 0 aromatic heterocycles. The van der Waals surface area contributed by atoms with Crippen molar-refractivity contribution in [1.82, 2.24) is 0 Å². The average Bonchev–Trinajstić information content (AvgIpc) is 3.07. The maximum atomic E-state index is 12.9. The third kappa shape index (κ3) is 3.61. The Morgan fingerprint density at radius 3 is 2.48 bits per heavy atom. The highest BCUT2D eigenvalue weighted by atomic mass is 16.3. The summed E-state index contributed by atoms with van der Waals surface area (Å²) in [7, 11) is 0. The SMILES string of the molecule is NC(=O)c1ccc2c(c1)NC(=O)C2=C(Nc1cccc(CO)c1)c1ccccc1. The molecule has 0 fully saturated rings. The van der Waals surface area contributed by atoms with E-state index in [1.807, 2.05) is 54.6 Å². The monoisotopic (exact) mass is 385 g/mol. The fourth-order valence-electron chi connectivity index (χ4n) is 3.35. The highest BCUT2D eigenvalue weighted by Gasteiger charge is 2.29. The van der Waals surface area contributed by atoms with E-state index in [0.29, 0.717) is 28.1 Å². The number of aliphatic hydroxyl groups excluding tert-OH is 1. The van der Waals surface area contributed by atoms with Gasteiger partial charge >= 0.3 is 0 Å². The molecule has 0 spiro atoms. The van der Waals surface area contributed by atoms with Crippen molar-refractivity contribution in [2.45, 2.75) is 6.61 Å². The van der Waals surface area contributed by atoms with Gasteiger partial charge in [0.15, 0.2) is 0 Å². The van der Waals surface area contributed by atoms with Crippen molar-refractivity contribution >= 4 is 34.5 Å². The largest absolute Gasteiger partial charge is 0.392 e. The zero-order chi connectivity index (χ0) is 20.4. The van der Waals surface area contributed by atoms with E-state index in [9.17, 15) is 14.7 Å². The molecule has 0 saturated carbocycles. The maximum Gasteiger partial charge on any atom is 0.258 e. The summed E-state index contributed by atoms with van der Waals surface area (Å²) in [6.45, 7) is -0.0774. The van der Waals surface area contributed by atoms with Crippen LogP contribution in [0.1, 0.15) is 27.0 Å². The van der Waals surface area contributed by atoms with Crippen LogP contribution in [-0.2, 0) is 11.4 Å². The van der Waals surface area contributed by atoms with Gasteiger partial charge in [0.05, 0.1) is 17.9 Å². The molecule has 6 nitrogen and oxygen atoms in total. The predicted octanol–water partition coefficient (Wildman–Crippen LogP) is 3.21. The normalized spacial score (nSPS) is 14.2. The number of rotatable bonds is 5. The number of hydrogen-bond donors (Lipinski definition) is 4. The highest BCUT2D eigenvalue weighted by molar-refractivity contribution is 6.37. The van der Waals surface area contributed by atoms with Crippen LogP contribution >= 0.6 is 0 Å². The number of carbonyl (C=O) groups excluding carboxylic acids is 2. The summed E-state index contributed by atoms with van der Waals surface area (Å²) in [4.78, 5) is 24.4. The molecule has 0 saturated heterocycles. The van der Waals surface area contributed by atoms with Gasteiger partial charge in [-0.15, -0.1) is 0 Å². The van der Waals surface area contributed by atoms with Gasteiger partial charge in [0.25, 0.3) is 5.91 Å². The minimum absolute atomic E-state index is 0.0774. The van der Waals surface area contributed by atoms with Crippen molar-refractivity contribution in [3.63, 3.8) is 0 Å². The minimum Gasteiger partial charge on any atom is -0.392 e. The van der Waals surface area contributed by atoms with Crippen LogP contribution in [0.3, 0.4) is 0 Å². The number of amides is 2. The van der Waals surface area contributed by atoms with Crippen molar-refractivity contribution in [3.05, 3.63) is 95.1 Å². The summed E-state index contributed by atoms with van der Waals surface area (Å²) >= 11 is 0. The Morgan fingerprint density at radius 2 is 1.76 bits per heavy atom. The summed E-state index contributed by atoms with van der Waals surface area (Å²) in [5.74, 6) is -0.826. The molecule has 6 heteroatoms. The van der Waals surface area contributed by atoms with Gasteiger partial charge in [-0.25, -0.2) is 0 Å². The summed E-state index contributed by atoms with van der Waals surface area (Å²) in [6.07, 6.45) is 0. The van der Waals surface area contributed by atoms with Crippen molar-refractivity contribution < 1.29 is 14.7 Å². The molecule has 3 aromatic carbocycles. The fraction of sp³-hybridized carbons (Fsp3) is 0.0435. The Labute approximate surface area is 167 Å². The zero-order valence-electron chi connectivity index (χ0n) is 15.5. The van der Waals surface area contributed by atoms with E-state index < -0.39 is 5.91 Å². The molecule has 0 atom stereocenters. The Hall–Kier alpha value is -3.90. The molecule has 0 aliphatic carbocycles. The minimum atomic E-state index is -0.554. The lowest BCUT2D eigenvalue weighted by molar-refractivity contribution is -0.110. The number of primary amides is 1. The van der Waals surface area contributed by atoms with E-state index in [4.69, 9.17) is 5.73 Å². The molecule has 3 aromatic rings. The highest BCUT2D eigenvalue weighted by Crippen LogP contribution is 2.38. The molecule has 1 aliphatic rings. The lowest BCUT2D eigenvalue weighted by Gasteiger charge is -2.15. The molecule has 144 valence electrons. The van der Waals surface area contributed by atoms with E-state index in [0.717, 1.165) is 16.8 Å². The van der Waals surface area contributed by atoms with Gasteiger partial charge in [0.1, 0.15) is 0 Å². The average molecular weight is 385 g/mol. The quantitative estimate of drug-likeness (QED) is 0.506. The van der Waals surface area contributed by atoms with Crippen LogP contribution in [0.2, 0.25) is 0 Å². The van der Waals surface area contributed by atoms with E-state index in [1.54, 1.807) is 18.2 Å². The molecule has 4 rings (SSSR count). The van der Waals surface area contributed by atoms with Crippen molar-refractivity contribution in [2.75, 3.05) is 10.6 Å². The maximum absolute atomic E-state index is 12.9. The molecule has 0 bridgehead atoms. The van der Waals surface area contributed by atoms with Crippen molar-refractivity contribution in [3.8, 4) is 0 Å². The first-order valence-electron chi connectivity index (χ1n) is 9.09. The number of carbonyl (C=O) groups is 2. The second-order valence-corrected chi connectivity index (χ2v) is 6.68. The summed E-state index contributed by atoms with van der Waals surface area (Å²) in [5.41, 5.74) is 10.4. The van der Waals surface area contributed by atoms with Gasteiger partial charge in [-0.1, -0.05) is 48.5 Å². The number of nitrogens with one attached hydrogen (secondary N) is 2. The van der Waals surface area contributed by atoms with Gasteiger partial charge in [0.2, 0.25) is 5.91 Å². The summed E-state index contributed by atoms with van der Waals surface area (Å²) in [6, 6.07) is 21.8. The van der Waals surface area contributed by atoms with E-state index in [1.165, 1.54) is 0 Å². The first-order chi connectivity index (χ1) is 14.1. The second kappa shape index (κ2) is 7.61. The third-order valence-corrected chi connectivity index (χ3v) is 4.74. The fourth-order valence-corrected chi connectivity index (χ4v) is 3.35. The lowest BCUT2D eigenvalue weighted by atomic mass is 9.99. The van der Waals surface area contributed by atoms with E-state index >= 15 is 0 Å². The van der Waals surface area contributed by atoms with Crippen molar-refractivity contribution in [2.24, 2.45) is 5.73 Å². The number of benzene rings is 3. The molecule has 1 heterocycles. The Kier molecular flexibility index (Phi) is 4.85. The molecule has 29 heavy (non-hydrogen) atoms. The van der Waals surface area contributed by atoms with Crippen molar-refractivity contribution in [1.29, 1.82) is 0 Å². The Balaban J connectivity index is 1.88. The van der Waals surface area contributed by atoms with E-state index in [2.05, 4.69) is 10.6 Å². The van der Waals surface area contributed by atoms with Crippen LogP contribution in [0.25, 0.3) is 11.3 Å². The number of hydrogen-bond acceptors (Lipinski definition) is 4. The van der Waals surface area contributed by atoms with Gasteiger partial charge in [-0.05, 0) is 35.4 Å². The smallest absolute Gasteiger partial charge is 0.258 e. The molecule has 5 N–H and O–H groups in total. The van der Waals surface area contributed by atoms with Crippen LogP contribution < -0.4 is 16.4 Å². The predicted molar refractivity (Wildman–Crippen MR) is 113 cm³/mol. The Bertz CT molecular complexity index is 1140. The van der Waals surface area contributed by atoms with Crippen LogP contribution in [0.15, 0.2) is 72.8 Å². The van der Waals surface area contributed by atoms with Gasteiger partial charge in [-0.2, -0.15) is 0 Å². The lowest BCUT2D eigenvalue weighted by Crippen LogP contribution is -2.11. The second-order valence-electron chi connectivity index (χ2n) is 6.68. The molecule has 0 radical (unpaired) electrons. The van der Waals surface area contributed by atoms with Gasteiger partial charge in [0, 0.05) is 22.5 Å². The Morgan fingerprint density at radius 1 is 0.966 bits per heavy atom. The first kappa shape index (κ1) is 18.5. The number of aliphatic hydroxyl groups is 1. The number of fused-ring (bicyclic) bond motifs is 1. The van der Waals surface area contributed by atoms with Crippen LogP contribution in [0.5, 0.6) is 0 Å². The molecular weight excluding hydrogens is 366 g/mol. The molecule has 0 unspecified atom stereocenters. The zero-order valence-corrected chi connectivity index (χ0v) is 15.5. The van der Waals surface area contributed by atoms with Crippen LogP contribution in [0, 0.1) is 0 Å². The third-order valence-electron chi connectivity index (χ3n) is 4.74. The molecular formula is C23H19N3O3. The number of nitrogens with two attached hydrogens (primary N) is 1. The molecule has 2 amide bonds. The molecule has 1 aliphatic heterocycles. The topological polar surface area (TPSA) is 104 Å². The standard InChI is InChI=1S/C23H19N3O3/c24-22(28)16-9-10-18-19(12-16)26-23(29)20(18)21(15-6-2-1-3-7-15)25-17-8-4-5-14(11-17)13-27/h1-12,25,27H,13H2,(H2,24,28)(H,26,29).